The Hall–Kier alpha value is 0.0143. The van der Waals surface area contributed by atoms with Crippen LogP contribution in [0.5, 0.6) is 0 Å². The zero-order valence-electron chi connectivity index (χ0n) is 52.3. The van der Waals surface area contributed by atoms with Crippen LogP contribution < -0.4 is 0 Å². The molecule has 464 valence electrons. The molecule has 0 rings (SSSR count). The van der Waals surface area contributed by atoms with Crippen molar-refractivity contribution >= 4 is 17.2 Å². The van der Waals surface area contributed by atoms with Gasteiger partial charge in [0, 0.05) is 6.61 Å². The van der Waals surface area contributed by atoms with Crippen molar-refractivity contribution in [2.45, 2.75) is 330 Å². The molecule has 0 atom stereocenters. The fourth-order valence-electron chi connectivity index (χ4n) is 7.90. The van der Waals surface area contributed by atoms with Crippen LogP contribution in [0.3, 0.4) is 0 Å². The van der Waals surface area contributed by atoms with Gasteiger partial charge in [0.2, 0.25) is 0 Å². The van der Waals surface area contributed by atoms with Crippen molar-refractivity contribution in [3.05, 3.63) is 51.8 Å². The van der Waals surface area contributed by atoms with Crippen LogP contribution in [-0.2, 0) is 41.8 Å². The maximum atomic E-state index is 9.76. The number of unbranched alkanes of at least 4 members (excludes halogenated alkanes) is 41. The predicted octanol–water partition coefficient (Wildman–Crippen LogP) is 22.6. The van der Waals surface area contributed by atoms with Gasteiger partial charge in [-0.05, 0) is 32.1 Å². The maximum absolute atomic E-state index is 9.76. The monoisotopic (exact) mass is 1170 g/mol. The SMILES string of the molecule is C=CCO.C=C[CH2-].C=C[CH2-].CCCCCCCCCCCCOP(O)OCCCCCCCCCCCC.CCCCCCCCCCCCOP(O)OCCCCCCCCCCCC.CCCCCCCCO.[O]=[Ti+2]. The summed E-state index contributed by atoms with van der Waals surface area (Å²) >= 11 is 0.750. The van der Waals surface area contributed by atoms with Gasteiger partial charge in [-0.25, -0.2) is 39.2 Å². The standard InChI is InChI=1S/2C24H51O3P.C8H18O.C3H6O.2C3H5.O.Ti/c2*1-3-5-7-9-11-13-15-17-19-21-23-26-28(25)27-24-22-20-18-16-14-12-10-8-6-4-2;1-2-3-4-5-6-7-8-9;1-2-3-4;2*1-3-2;;/h2*25H,3-24H2,1-2H3;9H,2-8H2,1H3;2,4H,1,3H2;2*3H,1-2H2;;/q;;;;2*-1;;+2. The van der Waals surface area contributed by atoms with Crippen LogP contribution in [0.2, 0.25) is 0 Å². The molecule has 0 amide bonds. The van der Waals surface area contributed by atoms with Crippen LogP contribution in [0.25, 0.3) is 0 Å². The van der Waals surface area contributed by atoms with Gasteiger partial charge in [-0.15, -0.1) is 6.58 Å². The Bertz CT molecular complexity index is 825. The van der Waals surface area contributed by atoms with Gasteiger partial charge in [0.05, 0.1) is 33.0 Å². The fraction of sp³-hybridized carbons (Fsp3) is 0.877. The van der Waals surface area contributed by atoms with E-state index in [9.17, 15) is 9.79 Å². The summed E-state index contributed by atoms with van der Waals surface area (Å²) in [4.78, 5) is 19.5. The van der Waals surface area contributed by atoms with E-state index in [2.05, 4.69) is 68.2 Å². The average Bonchev–Trinajstić information content (AvgIpc) is 3.44. The van der Waals surface area contributed by atoms with Gasteiger partial charge in [-0.1, -0.05) is 304 Å². The minimum atomic E-state index is -1.65. The van der Waals surface area contributed by atoms with Crippen molar-refractivity contribution in [3.63, 3.8) is 0 Å². The molecule has 0 aromatic carbocycles. The first-order chi connectivity index (χ1) is 37.8. The molecule has 4 N–H and O–H groups in total. The second-order valence-electron chi connectivity index (χ2n) is 20.1. The Labute approximate surface area is 497 Å². The van der Waals surface area contributed by atoms with E-state index in [0.717, 1.165) is 52.5 Å². The molecule has 0 aromatic rings. The van der Waals surface area contributed by atoms with Gasteiger partial charge >= 0.3 is 40.9 Å². The molecule has 0 bridgehead atoms. The molecule has 77 heavy (non-hydrogen) atoms. The first-order valence-corrected chi connectivity index (χ1v) is 35.0. The average molecular weight is 1170 g/mol. The topological polar surface area (TPSA) is 135 Å². The molecule has 9 nitrogen and oxygen atoms in total. The van der Waals surface area contributed by atoms with Gasteiger partial charge in [-0.2, -0.15) is 0 Å². The minimum absolute atomic E-state index is 0.0833. The van der Waals surface area contributed by atoms with Gasteiger partial charge in [0.1, 0.15) is 0 Å². The normalized spacial score (nSPS) is 10.3. The number of rotatable bonds is 55. The van der Waals surface area contributed by atoms with Crippen molar-refractivity contribution in [2.75, 3.05) is 39.6 Å². The molecule has 0 saturated carbocycles. The van der Waals surface area contributed by atoms with E-state index < -0.39 is 17.2 Å². The molecule has 0 fully saturated rings. The zero-order chi connectivity index (χ0) is 58.9. The number of aliphatic hydroxyl groups is 2. The quantitative estimate of drug-likeness (QED) is 0.0154. The van der Waals surface area contributed by atoms with Crippen LogP contribution in [-0.4, -0.2) is 59.6 Å². The summed E-state index contributed by atoms with van der Waals surface area (Å²) in [5, 5.41) is 16.2. The number of aliphatic hydroxyl groups excluding tert-OH is 2. The molecular formula is C65H136O9P2Ti. The predicted molar refractivity (Wildman–Crippen MR) is 339 cm³/mol. The Balaban J connectivity index is -0.000000186. The Morgan fingerprint density at radius 2 is 0.455 bits per heavy atom. The van der Waals surface area contributed by atoms with E-state index in [-0.39, 0.29) is 6.61 Å². The summed E-state index contributed by atoms with van der Waals surface area (Å²) in [6.07, 6.45) is 64.6. The molecule has 0 unspecified atom stereocenters. The van der Waals surface area contributed by atoms with E-state index in [1.807, 2.05) is 0 Å². The van der Waals surface area contributed by atoms with Crippen molar-refractivity contribution in [1.82, 2.24) is 0 Å². The number of hydrogen-bond acceptors (Lipinski definition) is 9. The summed E-state index contributed by atoms with van der Waals surface area (Å²) in [5.74, 6) is 0. The first-order valence-electron chi connectivity index (χ1n) is 32.1. The third-order valence-electron chi connectivity index (χ3n) is 12.4. The first kappa shape index (κ1) is 90.8. The summed E-state index contributed by atoms with van der Waals surface area (Å²) in [6, 6.07) is 0. The van der Waals surface area contributed by atoms with Gasteiger partial charge in [0.25, 0.3) is 0 Å². The summed E-state index contributed by atoms with van der Waals surface area (Å²) < 4.78 is 29.9. The molecule has 0 aliphatic heterocycles. The molecule has 0 aliphatic rings. The molecule has 0 aliphatic carbocycles. The van der Waals surface area contributed by atoms with E-state index in [1.54, 1.807) is 0 Å². The molecular weight excluding hydrogens is 1030 g/mol. The Morgan fingerprint density at radius 1 is 0.325 bits per heavy atom. The van der Waals surface area contributed by atoms with Gasteiger partial charge < -0.3 is 38.1 Å². The number of allylic oxidation sites excluding steroid dienone is 2. The summed E-state index contributed by atoms with van der Waals surface area (Å²) in [6.45, 7) is 30.5. The van der Waals surface area contributed by atoms with E-state index in [1.165, 1.54) is 281 Å². The molecule has 0 aromatic heterocycles. The van der Waals surface area contributed by atoms with E-state index >= 15 is 0 Å². The van der Waals surface area contributed by atoms with Crippen LogP contribution >= 0.6 is 17.2 Å². The van der Waals surface area contributed by atoms with Gasteiger partial charge in [-0.3, -0.25) is 0 Å². The molecule has 0 saturated heterocycles. The molecule has 12 heteroatoms. The molecule has 0 radical (unpaired) electrons. The second-order valence-corrected chi connectivity index (χ2v) is 22.1. The van der Waals surface area contributed by atoms with Gasteiger partial charge in [0.15, 0.2) is 0 Å². The summed E-state index contributed by atoms with van der Waals surface area (Å²) in [7, 11) is -3.31. The Morgan fingerprint density at radius 3 is 0.584 bits per heavy atom. The molecule has 0 heterocycles. The summed E-state index contributed by atoms with van der Waals surface area (Å²) in [5.41, 5.74) is 0. The van der Waals surface area contributed by atoms with Crippen LogP contribution in [0.1, 0.15) is 330 Å². The van der Waals surface area contributed by atoms with Crippen molar-refractivity contribution in [2.24, 2.45) is 0 Å². The zero-order valence-corrected chi connectivity index (χ0v) is 55.6. The van der Waals surface area contributed by atoms with Crippen LogP contribution in [0, 0.1) is 13.8 Å². The third-order valence-corrected chi connectivity index (χ3v) is 14.1. The second kappa shape index (κ2) is 101. The van der Waals surface area contributed by atoms with Crippen LogP contribution in [0.15, 0.2) is 38.0 Å². The molecule has 0 spiro atoms. The third kappa shape index (κ3) is 120. The van der Waals surface area contributed by atoms with E-state index in [0.29, 0.717) is 33.0 Å². The Kier molecular flexibility index (Phi) is 119. The fourth-order valence-corrected chi connectivity index (χ4v) is 9.19. The van der Waals surface area contributed by atoms with E-state index in [4.69, 9.17) is 31.6 Å². The van der Waals surface area contributed by atoms with Crippen molar-refractivity contribution in [3.8, 4) is 0 Å². The van der Waals surface area contributed by atoms with Crippen molar-refractivity contribution in [1.29, 1.82) is 0 Å². The van der Waals surface area contributed by atoms with Crippen LogP contribution in [0.4, 0.5) is 0 Å². The van der Waals surface area contributed by atoms with Crippen molar-refractivity contribution < 1.29 is 61.8 Å². The number of hydrogen-bond donors (Lipinski definition) is 4.